The molecule has 0 aliphatic carbocycles. The smallest absolute Gasteiger partial charge is 0.248 e. The fourth-order valence-corrected chi connectivity index (χ4v) is 2.59. The van der Waals surface area contributed by atoms with E-state index in [2.05, 4.69) is 27.9 Å². The summed E-state index contributed by atoms with van der Waals surface area (Å²) in [6.45, 7) is 1.12. The number of carbonyl (C=O) groups is 1. The van der Waals surface area contributed by atoms with E-state index >= 15 is 0 Å². The van der Waals surface area contributed by atoms with Crippen LogP contribution in [0.25, 0.3) is 6.08 Å². The molecule has 0 atom stereocenters. The molecule has 0 spiro atoms. The lowest BCUT2D eigenvalue weighted by molar-refractivity contribution is -0.111. The second-order valence-corrected chi connectivity index (χ2v) is 5.87. The van der Waals surface area contributed by atoms with Crippen LogP contribution in [0, 0.1) is 3.57 Å². The molecule has 0 radical (unpaired) electrons. The zero-order chi connectivity index (χ0) is 15.4. The van der Waals surface area contributed by atoms with Crippen molar-refractivity contribution >= 4 is 40.3 Å². The van der Waals surface area contributed by atoms with Crippen molar-refractivity contribution < 1.29 is 14.3 Å². The Morgan fingerprint density at radius 2 is 1.86 bits per heavy atom. The molecule has 1 N–H and O–H groups in total. The molecule has 0 aromatic heterocycles. The Hall–Kier alpha value is -2.02. The fourth-order valence-electron chi connectivity index (χ4n) is 2.07. The molecule has 1 heterocycles. The second kappa shape index (κ2) is 6.83. The summed E-state index contributed by atoms with van der Waals surface area (Å²) in [6.07, 6.45) is 3.26. The highest BCUT2D eigenvalue weighted by atomic mass is 127. The van der Waals surface area contributed by atoms with Gasteiger partial charge in [-0.05, 0) is 58.5 Å². The molecule has 22 heavy (non-hydrogen) atoms. The predicted molar refractivity (Wildman–Crippen MR) is 94.3 cm³/mol. The van der Waals surface area contributed by atoms with Gasteiger partial charge in [-0.3, -0.25) is 4.79 Å². The van der Waals surface area contributed by atoms with Crippen molar-refractivity contribution in [3.63, 3.8) is 0 Å². The highest BCUT2D eigenvalue weighted by Crippen LogP contribution is 2.31. The molecular weight excluding hydrogens is 393 g/mol. The van der Waals surface area contributed by atoms with Crippen molar-refractivity contribution in [2.45, 2.75) is 0 Å². The highest BCUT2D eigenvalue weighted by Gasteiger charge is 2.10. The van der Waals surface area contributed by atoms with Crippen LogP contribution in [0.15, 0.2) is 48.5 Å². The van der Waals surface area contributed by atoms with E-state index in [0.29, 0.717) is 19.0 Å². The van der Waals surface area contributed by atoms with Crippen molar-refractivity contribution in [3.05, 3.63) is 57.7 Å². The van der Waals surface area contributed by atoms with Crippen molar-refractivity contribution in [3.8, 4) is 11.5 Å². The summed E-state index contributed by atoms with van der Waals surface area (Å²) < 4.78 is 12.0. The average molecular weight is 407 g/mol. The van der Waals surface area contributed by atoms with E-state index in [1.165, 1.54) is 6.08 Å². The van der Waals surface area contributed by atoms with Crippen molar-refractivity contribution in [2.24, 2.45) is 0 Å². The summed E-state index contributed by atoms with van der Waals surface area (Å²) in [4.78, 5) is 12.0. The Morgan fingerprint density at radius 3 is 2.68 bits per heavy atom. The Balaban J connectivity index is 1.68. The molecular formula is C17H14INO3. The van der Waals surface area contributed by atoms with Crippen LogP contribution in [0.4, 0.5) is 5.69 Å². The minimum absolute atomic E-state index is 0.168. The lowest BCUT2D eigenvalue weighted by Gasteiger charge is -2.18. The predicted octanol–water partition coefficient (Wildman–Crippen LogP) is 3.71. The summed E-state index contributed by atoms with van der Waals surface area (Å²) in [7, 11) is 0. The maximum Gasteiger partial charge on any atom is 0.248 e. The van der Waals surface area contributed by atoms with Crippen molar-refractivity contribution in [2.75, 3.05) is 18.5 Å². The van der Waals surface area contributed by atoms with E-state index in [4.69, 9.17) is 9.47 Å². The van der Waals surface area contributed by atoms with Crippen LogP contribution in [-0.4, -0.2) is 19.1 Å². The van der Waals surface area contributed by atoms with Crippen LogP contribution in [0.3, 0.4) is 0 Å². The molecule has 1 amide bonds. The molecule has 0 unspecified atom stereocenters. The molecule has 0 saturated carbocycles. The topological polar surface area (TPSA) is 47.6 Å². The minimum Gasteiger partial charge on any atom is -0.486 e. The number of fused-ring (bicyclic) bond motifs is 1. The number of amides is 1. The van der Waals surface area contributed by atoms with Gasteiger partial charge < -0.3 is 14.8 Å². The number of anilines is 1. The Kier molecular flexibility index (Phi) is 4.62. The average Bonchev–Trinajstić information content (AvgIpc) is 2.55. The summed E-state index contributed by atoms with van der Waals surface area (Å²) in [5.74, 6) is 1.29. The van der Waals surface area contributed by atoms with E-state index < -0.39 is 0 Å². The van der Waals surface area contributed by atoms with Gasteiger partial charge in [-0.1, -0.05) is 18.2 Å². The zero-order valence-electron chi connectivity index (χ0n) is 11.7. The van der Waals surface area contributed by atoms with Gasteiger partial charge in [-0.25, -0.2) is 0 Å². The van der Waals surface area contributed by atoms with Crippen LogP contribution in [0.1, 0.15) is 5.56 Å². The van der Waals surface area contributed by atoms with Crippen LogP contribution in [0.2, 0.25) is 0 Å². The molecule has 112 valence electrons. The van der Waals surface area contributed by atoms with Gasteiger partial charge in [0.1, 0.15) is 13.2 Å². The monoisotopic (exact) mass is 407 g/mol. The van der Waals surface area contributed by atoms with Crippen molar-refractivity contribution in [1.82, 2.24) is 0 Å². The van der Waals surface area contributed by atoms with E-state index in [9.17, 15) is 4.79 Å². The SMILES string of the molecule is O=C(/C=C/c1ccc2c(c1)OCCO2)Nc1ccccc1I. The Bertz CT molecular complexity index is 728. The van der Waals surface area contributed by atoms with Gasteiger partial charge >= 0.3 is 0 Å². The molecule has 1 aliphatic rings. The first kappa shape index (κ1) is 14.9. The molecule has 4 nitrogen and oxygen atoms in total. The van der Waals surface area contributed by atoms with Crippen LogP contribution >= 0.6 is 22.6 Å². The van der Waals surface area contributed by atoms with E-state index in [1.807, 2.05) is 42.5 Å². The molecule has 0 saturated heterocycles. The first-order valence-electron chi connectivity index (χ1n) is 6.85. The van der Waals surface area contributed by atoms with Gasteiger partial charge in [0.25, 0.3) is 0 Å². The Morgan fingerprint density at radius 1 is 1.09 bits per heavy atom. The summed E-state index contributed by atoms with van der Waals surface area (Å²) in [5, 5.41) is 2.85. The lowest BCUT2D eigenvalue weighted by atomic mass is 10.2. The molecule has 2 aromatic carbocycles. The standard InChI is InChI=1S/C17H14INO3/c18-13-3-1-2-4-14(13)19-17(20)8-6-12-5-7-15-16(11-12)22-10-9-21-15/h1-8,11H,9-10H2,(H,19,20)/b8-6+. The van der Waals surface area contributed by atoms with E-state index in [-0.39, 0.29) is 5.91 Å². The normalized spacial score (nSPS) is 13.1. The third-order valence-corrected chi connectivity index (χ3v) is 4.07. The number of para-hydroxylation sites is 1. The fraction of sp³-hybridized carbons (Fsp3) is 0.118. The molecule has 0 fully saturated rings. The quantitative estimate of drug-likeness (QED) is 0.624. The number of hydrogen-bond acceptors (Lipinski definition) is 3. The van der Waals surface area contributed by atoms with Gasteiger partial charge in [0, 0.05) is 9.65 Å². The van der Waals surface area contributed by atoms with Crippen LogP contribution in [0.5, 0.6) is 11.5 Å². The molecule has 0 bridgehead atoms. The third kappa shape index (κ3) is 3.59. The number of benzene rings is 2. The summed E-state index contributed by atoms with van der Waals surface area (Å²) in [5.41, 5.74) is 1.70. The molecule has 2 aromatic rings. The third-order valence-electron chi connectivity index (χ3n) is 3.13. The Labute approximate surface area is 142 Å². The van der Waals surface area contributed by atoms with Crippen LogP contribution in [-0.2, 0) is 4.79 Å². The van der Waals surface area contributed by atoms with Gasteiger partial charge in [-0.15, -0.1) is 0 Å². The second-order valence-electron chi connectivity index (χ2n) is 4.71. The number of halogens is 1. The number of rotatable bonds is 3. The first-order chi connectivity index (χ1) is 10.7. The number of carbonyl (C=O) groups excluding carboxylic acids is 1. The summed E-state index contributed by atoms with van der Waals surface area (Å²) in [6, 6.07) is 13.3. The molecule has 3 rings (SSSR count). The molecule has 1 aliphatic heterocycles. The minimum atomic E-state index is -0.168. The van der Waals surface area contributed by atoms with Crippen LogP contribution < -0.4 is 14.8 Å². The maximum atomic E-state index is 12.0. The number of hydrogen-bond donors (Lipinski definition) is 1. The lowest BCUT2D eigenvalue weighted by Crippen LogP contribution is -2.15. The number of nitrogens with one attached hydrogen (secondary N) is 1. The summed E-state index contributed by atoms with van der Waals surface area (Å²) >= 11 is 2.19. The number of ether oxygens (including phenoxy) is 2. The van der Waals surface area contributed by atoms with E-state index in [0.717, 1.165) is 20.6 Å². The van der Waals surface area contributed by atoms with Gasteiger partial charge in [0.05, 0.1) is 5.69 Å². The highest BCUT2D eigenvalue weighted by molar-refractivity contribution is 14.1. The zero-order valence-corrected chi connectivity index (χ0v) is 13.9. The maximum absolute atomic E-state index is 12.0. The largest absolute Gasteiger partial charge is 0.486 e. The van der Waals surface area contributed by atoms with Gasteiger partial charge in [0.2, 0.25) is 5.91 Å². The van der Waals surface area contributed by atoms with Crippen molar-refractivity contribution in [1.29, 1.82) is 0 Å². The van der Waals surface area contributed by atoms with E-state index in [1.54, 1.807) is 6.08 Å². The molecule has 5 heteroatoms. The first-order valence-corrected chi connectivity index (χ1v) is 7.93. The van der Waals surface area contributed by atoms with Gasteiger partial charge in [0.15, 0.2) is 11.5 Å². The van der Waals surface area contributed by atoms with Gasteiger partial charge in [-0.2, -0.15) is 0 Å².